The van der Waals surface area contributed by atoms with Crippen molar-refractivity contribution < 1.29 is 12.8 Å². The SMILES string of the molecule is Cc1cc(Cl)c(F)cc1CS(=O)(=O)Cl. The van der Waals surface area contributed by atoms with Gasteiger partial charge in [-0.2, -0.15) is 0 Å². The normalized spacial score (nSPS) is 11.7. The third kappa shape index (κ3) is 3.12. The Morgan fingerprint density at radius 1 is 1.43 bits per heavy atom. The molecule has 1 aromatic rings. The molecule has 0 bridgehead atoms. The summed E-state index contributed by atoms with van der Waals surface area (Å²) in [4.78, 5) is 0. The second kappa shape index (κ2) is 4.04. The van der Waals surface area contributed by atoms with Gasteiger partial charge in [-0.1, -0.05) is 11.6 Å². The van der Waals surface area contributed by atoms with Crippen molar-refractivity contribution in [3.8, 4) is 0 Å². The van der Waals surface area contributed by atoms with Crippen molar-refractivity contribution >= 4 is 31.3 Å². The van der Waals surface area contributed by atoms with Crippen molar-refractivity contribution in [3.05, 3.63) is 34.1 Å². The van der Waals surface area contributed by atoms with Crippen LogP contribution in [0.1, 0.15) is 11.1 Å². The molecule has 0 atom stereocenters. The van der Waals surface area contributed by atoms with E-state index in [0.717, 1.165) is 6.07 Å². The van der Waals surface area contributed by atoms with Crippen LogP contribution >= 0.6 is 22.3 Å². The molecule has 0 saturated heterocycles. The van der Waals surface area contributed by atoms with Crippen LogP contribution in [0, 0.1) is 12.7 Å². The topological polar surface area (TPSA) is 34.1 Å². The van der Waals surface area contributed by atoms with Crippen LogP contribution in [0.2, 0.25) is 5.02 Å². The second-order valence-corrected chi connectivity index (χ2v) is 6.06. The molecule has 0 aromatic heterocycles. The molecule has 0 heterocycles. The van der Waals surface area contributed by atoms with Crippen LogP contribution in [0.25, 0.3) is 0 Å². The maximum absolute atomic E-state index is 13.0. The molecular formula is C8H7Cl2FO2S. The molecule has 6 heteroatoms. The minimum absolute atomic E-state index is 0.0294. The average molecular weight is 257 g/mol. The first-order valence-electron chi connectivity index (χ1n) is 3.66. The zero-order valence-corrected chi connectivity index (χ0v) is 9.55. The summed E-state index contributed by atoms with van der Waals surface area (Å²) in [5, 5.41) is -0.0294. The Kier molecular flexibility index (Phi) is 3.40. The van der Waals surface area contributed by atoms with Crippen molar-refractivity contribution in [1.82, 2.24) is 0 Å². The lowest BCUT2D eigenvalue weighted by Gasteiger charge is -2.04. The van der Waals surface area contributed by atoms with Gasteiger partial charge in [-0.3, -0.25) is 0 Å². The molecule has 78 valence electrons. The van der Waals surface area contributed by atoms with Gasteiger partial charge in [0.15, 0.2) is 0 Å². The van der Waals surface area contributed by atoms with Crippen LogP contribution in [0.5, 0.6) is 0 Å². The Morgan fingerprint density at radius 3 is 2.50 bits per heavy atom. The fourth-order valence-electron chi connectivity index (χ4n) is 1.03. The molecule has 0 saturated carbocycles. The minimum atomic E-state index is -3.67. The summed E-state index contributed by atoms with van der Waals surface area (Å²) >= 11 is 5.50. The zero-order valence-electron chi connectivity index (χ0n) is 7.22. The van der Waals surface area contributed by atoms with Gasteiger partial charge in [0.25, 0.3) is 0 Å². The molecule has 0 unspecified atom stereocenters. The van der Waals surface area contributed by atoms with Crippen molar-refractivity contribution in [3.63, 3.8) is 0 Å². The van der Waals surface area contributed by atoms with Gasteiger partial charge in [-0.15, -0.1) is 0 Å². The van der Waals surface area contributed by atoms with Gasteiger partial charge in [0.05, 0.1) is 10.8 Å². The summed E-state index contributed by atoms with van der Waals surface area (Å²) in [7, 11) is 1.38. The molecule has 0 N–H and O–H groups in total. The van der Waals surface area contributed by atoms with Crippen molar-refractivity contribution in [2.24, 2.45) is 0 Å². The summed E-state index contributed by atoms with van der Waals surface area (Å²) in [5.41, 5.74) is 0.919. The molecule has 14 heavy (non-hydrogen) atoms. The molecule has 1 aromatic carbocycles. The van der Waals surface area contributed by atoms with Gasteiger partial charge in [0.1, 0.15) is 5.82 Å². The summed E-state index contributed by atoms with van der Waals surface area (Å²) in [5.74, 6) is -1.04. The first kappa shape index (κ1) is 11.8. The fourth-order valence-corrected chi connectivity index (χ4v) is 2.28. The number of rotatable bonds is 2. The van der Waals surface area contributed by atoms with Crippen molar-refractivity contribution in [2.45, 2.75) is 12.7 Å². The molecule has 1 rings (SSSR count). The first-order valence-corrected chi connectivity index (χ1v) is 6.52. The Bertz CT molecular complexity index is 457. The fraction of sp³-hybridized carbons (Fsp3) is 0.250. The number of halogens is 3. The molecule has 0 radical (unpaired) electrons. The smallest absolute Gasteiger partial charge is 0.212 e. The number of benzene rings is 1. The molecule has 0 fully saturated rings. The van der Waals surface area contributed by atoms with Crippen LogP contribution < -0.4 is 0 Å². The summed E-state index contributed by atoms with van der Waals surface area (Å²) in [6.45, 7) is 1.64. The molecule has 2 nitrogen and oxygen atoms in total. The highest BCUT2D eigenvalue weighted by molar-refractivity contribution is 8.13. The Hall–Kier alpha value is -0.320. The second-order valence-electron chi connectivity index (χ2n) is 2.88. The van der Waals surface area contributed by atoms with E-state index in [9.17, 15) is 12.8 Å². The predicted molar refractivity (Wildman–Crippen MR) is 54.6 cm³/mol. The first-order chi connectivity index (χ1) is 6.29. The third-order valence-corrected chi connectivity index (χ3v) is 2.98. The van der Waals surface area contributed by atoms with Crippen molar-refractivity contribution in [1.29, 1.82) is 0 Å². The standard InChI is InChI=1S/C8H7Cl2FO2S/c1-5-2-7(9)8(11)3-6(5)4-14(10,12)13/h2-3H,4H2,1H3. The van der Waals surface area contributed by atoms with Gasteiger partial charge in [0.2, 0.25) is 9.05 Å². The van der Waals surface area contributed by atoms with E-state index in [-0.39, 0.29) is 5.02 Å². The van der Waals surface area contributed by atoms with E-state index >= 15 is 0 Å². The highest BCUT2D eigenvalue weighted by atomic mass is 35.7. The zero-order chi connectivity index (χ0) is 10.9. The van der Waals surface area contributed by atoms with Gasteiger partial charge < -0.3 is 0 Å². The highest BCUT2D eigenvalue weighted by Gasteiger charge is 2.12. The largest absolute Gasteiger partial charge is 0.236 e. The van der Waals surface area contributed by atoms with E-state index in [1.165, 1.54) is 6.07 Å². The van der Waals surface area contributed by atoms with Crippen molar-refractivity contribution in [2.75, 3.05) is 0 Å². The summed E-state index contributed by atoms with van der Waals surface area (Å²) < 4.78 is 34.5. The minimum Gasteiger partial charge on any atom is -0.212 e. The maximum Gasteiger partial charge on any atom is 0.236 e. The molecular weight excluding hydrogens is 250 g/mol. The number of hydrogen-bond donors (Lipinski definition) is 0. The van der Waals surface area contributed by atoms with Crippen LogP contribution in [0.3, 0.4) is 0 Å². The van der Waals surface area contributed by atoms with Crippen LogP contribution in [0.15, 0.2) is 12.1 Å². The van der Waals surface area contributed by atoms with E-state index in [1.807, 2.05) is 0 Å². The molecule has 0 aliphatic heterocycles. The molecule has 0 spiro atoms. The molecule has 0 aliphatic carbocycles. The van der Waals surface area contributed by atoms with Gasteiger partial charge in [-0.05, 0) is 30.2 Å². The van der Waals surface area contributed by atoms with E-state index < -0.39 is 20.6 Å². The third-order valence-electron chi connectivity index (χ3n) is 1.71. The number of aryl methyl sites for hydroxylation is 1. The van der Waals surface area contributed by atoms with Gasteiger partial charge >= 0.3 is 0 Å². The quantitative estimate of drug-likeness (QED) is 0.763. The van der Waals surface area contributed by atoms with E-state index in [2.05, 4.69) is 0 Å². The van der Waals surface area contributed by atoms with E-state index in [0.29, 0.717) is 11.1 Å². The summed E-state index contributed by atoms with van der Waals surface area (Å²) in [6, 6.07) is 2.45. The summed E-state index contributed by atoms with van der Waals surface area (Å²) in [6.07, 6.45) is 0. The van der Waals surface area contributed by atoms with Gasteiger partial charge in [-0.25, -0.2) is 12.8 Å². The maximum atomic E-state index is 13.0. The molecule has 0 aliphatic rings. The lowest BCUT2D eigenvalue weighted by Crippen LogP contribution is -1.98. The van der Waals surface area contributed by atoms with Crippen LogP contribution in [-0.4, -0.2) is 8.42 Å². The van der Waals surface area contributed by atoms with E-state index in [4.69, 9.17) is 22.3 Å². The van der Waals surface area contributed by atoms with Crippen LogP contribution in [0.4, 0.5) is 4.39 Å². The Balaban J connectivity index is 3.17. The van der Waals surface area contributed by atoms with Gasteiger partial charge in [0, 0.05) is 10.7 Å². The predicted octanol–water partition coefficient (Wildman–Crippen LogP) is 2.86. The Morgan fingerprint density at radius 2 is 2.00 bits per heavy atom. The lowest BCUT2D eigenvalue weighted by molar-refractivity contribution is 0.607. The lowest BCUT2D eigenvalue weighted by atomic mass is 10.1. The van der Waals surface area contributed by atoms with E-state index in [1.54, 1.807) is 6.92 Å². The average Bonchev–Trinajstić information content (AvgIpc) is 1.97. The number of hydrogen-bond acceptors (Lipinski definition) is 2. The highest BCUT2D eigenvalue weighted by Crippen LogP contribution is 2.22. The molecule has 0 amide bonds. The van der Waals surface area contributed by atoms with Crippen LogP contribution in [-0.2, 0) is 14.8 Å². The Labute approximate surface area is 91.1 Å². The monoisotopic (exact) mass is 256 g/mol.